The molecule has 10 heteroatoms. The van der Waals surface area contributed by atoms with Gasteiger partial charge in [-0.15, -0.1) is 0 Å². The summed E-state index contributed by atoms with van der Waals surface area (Å²) in [5.74, 6) is 0. The van der Waals surface area contributed by atoms with Crippen LogP contribution in [0.3, 0.4) is 0 Å². The van der Waals surface area contributed by atoms with Crippen molar-refractivity contribution in [3.8, 4) is 16.9 Å². The van der Waals surface area contributed by atoms with Gasteiger partial charge in [-0.2, -0.15) is 13.2 Å². The largest absolute Gasteiger partial charge is 0.416 e. The number of nitrogens with zero attached hydrogens (tertiary/aromatic N) is 3. The van der Waals surface area contributed by atoms with Gasteiger partial charge in [-0.3, -0.25) is 0 Å². The van der Waals surface area contributed by atoms with E-state index in [9.17, 15) is 21.6 Å². The van der Waals surface area contributed by atoms with Crippen LogP contribution in [0.25, 0.3) is 27.8 Å². The fourth-order valence-electron chi connectivity index (χ4n) is 3.59. The normalized spacial score (nSPS) is 12.6. The van der Waals surface area contributed by atoms with Gasteiger partial charge in [-0.25, -0.2) is 18.5 Å². The van der Waals surface area contributed by atoms with E-state index in [0.717, 1.165) is 12.1 Å². The molecule has 2 N–H and O–H groups in total. The number of fused-ring (bicyclic) bond motifs is 1. The van der Waals surface area contributed by atoms with Crippen molar-refractivity contribution in [2.75, 3.05) is 0 Å². The van der Waals surface area contributed by atoms with Gasteiger partial charge < -0.3 is 9.13 Å². The molecule has 6 nitrogen and oxygen atoms in total. The van der Waals surface area contributed by atoms with Crippen LogP contribution in [0.15, 0.2) is 59.9 Å². The van der Waals surface area contributed by atoms with Crippen LogP contribution in [-0.4, -0.2) is 22.5 Å². The number of nitrogens with two attached hydrogens (primary N) is 1. The first kappa shape index (κ1) is 20.2. The van der Waals surface area contributed by atoms with E-state index in [2.05, 4.69) is 4.98 Å². The zero-order valence-electron chi connectivity index (χ0n) is 16.0. The number of aryl methyl sites for hydroxylation is 1. The van der Waals surface area contributed by atoms with Crippen molar-refractivity contribution < 1.29 is 21.6 Å². The van der Waals surface area contributed by atoms with Crippen molar-refractivity contribution in [2.45, 2.75) is 18.0 Å². The number of hydrogen-bond donors (Lipinski definition) is 1. The molecule has 4 aromatic rings. The Morgan fingerprint density at radius 2 is 1.83 bits per heavy atom. The third-order valence-electron chi connectivity index (χ3n) is 4.90. The van der Waals surface area contributed by atoms with E-state index >= 15 is 0 Å². The molecule has 0 radical (unpaired) electrons. The van der Waals surface area contributed by atoms with Crippen molar-refractivity contribution in [3.63, 3.8) is 0 Å². The van der Waals surface area contributed by atoms with E-state index < -0.39 is 21.8 Å². The summed E-state index contributed by atoms with van der Waals surface area (Å²) in [7, 11) is -2.18. The van der Waals surface area contributed by atoms with Crippen molar-refractivity contribution in [1.29, 1.82) is 0 Å². The number of sulfonamides is 1. The Labute approximate surface area is 170 Å². The number of aromatic nitrogens is 3. The van der Waals surface area contributed by atoms with Crippen LogP contribution in [0.1, 0.15) is 11.3 Å². The number of primary sulfonamides is 1. The average molecular weight is 434 g/mol. The van der Waals surface area contributed by atoms with E-state index in [1.165, 1.54) is 24.3 Å². The first-order valence-electron chi connectivity index (χ1n) is 8.80. The predicted molar refractivity (Wildman–Crippen MR) is 107 cm³/mol. The number of alkyl halides is 3. The van der Waals surface area contributed by atoms with E-state index in [-0.39, 0.29) is 4.90 Å². The molecule has 0 saturated carbocycles. The van der Waals surface area contributed by atoms with Gasteiger partial charge in [0, 0.05) is 35.6 Å². The highest BCUT2D eigenvalue weighted by Gasteiger charge is 2.31. The van der Waals surface area contributed by atoms with Crippen LogP contribution in [0.4, 0.5) is 13.2 Å². The fourth-order valence-corrected chi connectivity index (χ4v) is 4.13. The molecule has 0 fully saturated rings. The maximum Gasteiger partial charge on any atom is 0.416 e. The topological polar surface area (TPSA) is 82.9 Å². The van der Waals surface area contributed by atoms with E-state index in [0.29, 0.717) is 33.5 Å². The maximum absolute atomic E-state index is 13.3. The highest BCUT2D eigenvalue weighted by atomic mass is 32.2. The van der Waals surface area contributed by atoms with Crippen LogP contribution in [0.2, 0.25) is 0 Å². The monoisotopic (exact) mass is 434 g/mol. The predicted octanol–water partition coefficient (Wildman–Crippen LogP) is 4.01. The molecule has 0 aliphatic rings. The smallest absolute Gasteiger partial charge is 0.340 e. The summed E-state index contributed by atoms with van der Waals surface area (Å²) in [6.45, 7) is 1.75. The van der Waals surface area contributed by atoms with Gasteiger partial charge in [0.15, 0.2) is 0 Å². The summed E-state index contributed by atoms with van der Waals surface area (Å²) in [5, 5.41) is 5.81. The second kappa shape index (κ2) is 6.71. The lowest BCUT2D eigenvalue weighted by Crippen LogP contribution is -2.11. The first-order chi connectivity index (χ1) is 14.0. The Morgan fingerprint density at radius 3 is 2.43 bits per heavy atom. The van der Waals surface area contributed by atoms with Crippen LogP contribution in [0.5, 0.6) is 0 Å². The van der Waals surface area contributed by atoms with Crippen molar-refractivity contribution in [1.82, 2.24) is 14.1 Å². The molecular formula is C20H17F3N4O2S. The number of benzene rings is 2. The minimum atomic E-state index is -4.49. The molecule has 0 bridgehead atoms. The Bertz CT molecular complexity index is 1390. The van der Waals surface area contributed by atoms with Gasteiger partial charge in [-0.05, 0) is 43.3 Å². The van der Waals surface area contributed by atoms with Crippen LogP contribution in [0, 0.1) is 6.92 Å². The molecule has 0 spiro atoms. The minimum Gasteiger partial charge on any atom is -0.340 e. The quantitative estimate of drug-likeness (QED) is 0.529. The van der Waals surface area contributed by atoms with Crippen LogP contribution < -0.4 is 5.14 Å². The summed E-state index contributed by atoms with van der Waals surface area (Å²) < 4.78 is 66.9. The molecule has 0 saturated heterocycles. The molecule has 156 valence electrons. The van der Waals surface area contributed by atoms with Crippen molar-refractivity contribution in [2.24, 2.45) is 12.2 Å². The third-order valence-corrected chi connectivity index (χ3v) is 5.81. The summed E-state index contributed by atoms with van der Waals surface area (Å²) in [5.41, 5.74) is 1.87. The molecule has 2 aromatic carbocycles. The van der Waals surface area contributed by atoms with Gasteiger partial charge in [0.25, 0.3) is 0 Å². The third kappa shape index (κ3) is 3.37. The summed E-state index contributed by atoms with van der Waals surface area (Å²) in [6.07, 6.45) is -1.15. The summed E-state index contributed by atoms with van der Waals surface area (Å²) >= 11 is 0. The van der Waals surface area contributed by atoms with Gasteiger partial charge in [0.2, 0.25) is 10.0 Å². The van der Waals surface area contributed by atoms with Crippen LogP contribution >= 0.6 is 0 Å². The molecular weight excluding hydrogens is 417 g/mol. The zero-order chi connectivity index (χ0) is 21.8. The van der Waals surface area contributed by atoms with Crippen LogP contribution in [-0.2, 0) is 23.2 Å². The molecule has 0 aliphatic carbocycles. The number of imidazole rings is 1. The second-order valence-electron chi connectivity index (χ2n) is 6.99. The van der Waals surface area contributed by atoms with Gasteiger partial charge in [0.1, 0.15) is 0 Å². The number of rotatable bonds is 3. The molecule has 2 aromatic heterocycles. The molecule has 0 unspecified atom stereocenters. The molecule has 0 atom stereocenters. The molecule has 2 heterocycles. The van der Waals surface area contributed by atoms with E-state index in [1.54, 1.807) is 41.7 Å². The SMILES string of the molecule is Cc1c(-c2cn(C)cn2)c2cc(S(N)(=O)=O)ccc2n1-c1cccc(C(F)(F)F)c1. The zero-order valence-corrected chi connectivity index (χ0v) is 16.8. The van der Waals surface area contributed by atoms with Crippen molar-refractivity contribution >= 4 is 20.9 Å². The summed E-state index contributed by atoms with van der Waals surface area (Å²) in [4.78, 5) is 4.25. The minimum absolute atomic E-state index is 0.0895. The highest BCUT2D eigenvalue weighted by molar-refractivity contribution is 7.89. The van der Waals surface area contributed by atoms with Gasteiger partial charge >= 0.3 is 6.18 Å². The fraction of sp³-hybridized carbons (Fsp3) is 0.150. The molecule has 30 heavy (non-hydrogen) atoms. The van der Waals surface area contributed by atoms with E-state index in [1.807, 2.05) is 0 Å². The Hall–Kier alpha value is -3.11. The van der Waals surface area contributed by atoms with Gasteiger partial charge in [0.05, 0.1) is 28.0 Å². The summed E-state index contributed by atoms with van der Waals surface area (Å²) in [6, 6.07) is 9.26. The molecule has 0 aliphatic heterocycles. The van der Waals surface area contributed by atoms with Crippen molar-refractivity contribution in [3.05, 3.63) is 66.2 Å². The van der Waals surface area contributed by atoms with E-state index in [4.69, 9.17) is 5.14 Å². The Balaban J connectivity index is 2.08. The molecule has 0 amide bonds. The Kier molecular flexibility index (Phi) is 4.51. The second-order valence-corrected chi connectivity index (χ2v) is 8.55. The standard InChI is InChI=1S/C20H17F3N4O2S/c1-12-19(17-10-26(2)11-25-17)16-9-15(30(24,28)29)6-7-18(16)27(12)14-5-3-4-13(8-14)20(21,22)23/h3-11H,1-2H3,(H2,24,28,29). The number of halogens is 3. The lowest BCUT2D eigenvalue weighted by Gasteiger charge is -2.12. The lowest BCUT2D eigenvalue weighted by molar-refractivity contribution is -0.137. The number of hydrogen-bond acceptors (Lipinski definition) is 3. The first-order valence-corrected chi connectivity index (χ1v) is 10.4. The maximum atomic E-state index is 13.3. The lowest BCUT2D eigenvalue weighted by atomic mass is 10.1. The Morgan fingerprint density at radius 1 is 1.10 bits per heavy atom. The van der Waals surface area contributed by atoms with Gasteiger partial charge in [-0.1, -0.05) is 6.07 Å². The highest BCUT2D eigenvalue weighted by Crippen LogP contribution is 2.38. The average Bonchev–Trinajstić information content (AvgIpc) is 3.19. The molecule has 4 rings (SSSR count).